The van der Waals surface area contributed by atoms with Crippen LogP contribution in [0.2, 0.25) is 0 Å². The normalized spacial score (nSPS) is 10.4. The zero-order valence-electron chi connectivity index (χ0n) is 14.7. The molecule has 134 valence electrons. The van der Waals surface area contributed by atoms with Crippen molar-refractivity contribution in [3.05, 3.63) is 58.1 Å². The number of benzene rings is 2. The molecule has 2 aromatic rings. The minimum Gasteiger partial charge on any atom is -0.490 e. The molecule has 0 atom stereocenters. The molecule has 5 heteroatoms. The van der Waals surface area contributed by atoms with Gasteiger partial charge in [0.05, 0.1) is 19.6 Å². The summed E-state index contributed by atoms with van der Waals surface area (Å²) in [6.07, 6.45) is 1.13. The van der Waals surface area contributed by atoms with Crippen LogP contribution in [-0.2, 0) is 17.6 Å². The van der Waals surface area contributed by atoms with E-state index in [9.17, 15) is 4.79 Å². The van der Waals surface area contributed by atoms with Crippen molar-refractivity contribution in [3.63, 3.8) is 0 Å². The fourth-order valence-electron chi connectivity index (χ4n) is 2.49. The predicted octanol–water partition coefficient (Wildman–Crippen LogP) is 4.15. The van der Waals surface area contributed by atoms with Gasteiger partial charge in [-0.25, -0.2) is 0 Å². The summed E-state index contributed by atoms with van der Waals surface area (Å²) < 4.78 is 12.2. The number of carbonyl (C=O) groups excluding carboxylic acids is 1. The smallest absolute Gasteiger partial charge is 0.224 e. The molecule has 0 aliphatic rings. The van der Waals surface area contributed by atoms with Crippen LogP contribution >= 0.6 is 15.9 Å². The van der Waals surface area contributed by atoms with Gasteiger partial charge in [-0.15, -0.1) is 0 Å². The van der Waals surface area contributed by atoms with E-state index in [1.807, 2.05) is 56.3 Å². The third-order valence-electron chi connectivity index (χ3n) is 3.60. The molecule has 0 spiro atoms. The Morgan fingerprint density at radius 3 is 2.48 bits per heavy atom. The second-order valence-corrected chi connectivity index (χ2v) is 6.47. The number of halogens is 1. The number of carbonyl (C=O) groups is 1. The summed E-state index contributed by atoms with van der Waals surface area (Å²) in [6.45, 7) is 5.68. The topological polar surface area (TPSA) is 47.6 Å². The highest BCUT2D eigenvalue weighted by Gasteiger charge is 2.07. The van der Waals surface area contributed by atoms with Crippen LogP contribution < -0.4 is 14.8 Å². The third kappa shape index (κ3) is 6.42. The van der Waals surface area contributed by atoms with E-state index in [0.717, 1.165) is 33.5 Å². The molecule has 25 heavy (non-hydrogen) atoms. The van der Waals surface area contributed by atoms with Crippen LogP contribution in [0, 0.1) is 0 Å². The molecule has 0 aliphatic carbocycles. The average molecular weight is 406 g/mol. The van der Waals surface area contributed by atoms with Crippen LogP contribution in [0.1, 0.15) is 25.0 Å². The van der Waals surface area contributed by atoms with Crippen LogP contribution in [0.3, 0.4) is 0 Å². The minimum atomic E-state index is 0.0223. The van der Waals surface area contributed by atoms with Crippen molar-refractivity contribution in [2.75, 3.05) is 19.8 Å². The van der Waals surface area contributed by atoms with Crippen LogP contribution in [0.5, 0.6) is 11.5 Å². The average Bonchev–Trinajstić information content (AvgIpc) is 2.57. The Hall–Kier alpha value is -2.01. The number of ether oxygens (including phenoxy) is 2. The minimum absolute atomic E-state index is 0.0223. The predicted molar refractivity (Wildman–Crippen MR) is 103 cm³/mol. The van der Waals surface area contributed by atoms with Crippen LogP contribution in [-0.4, -0.2) is 25.7 Å². The first-order chi connectivity index (χ1) is 12.1. The molecular formula is C20H24BrNO3. The monoisotopic (exact) mass is 405 g/mol. The zero-order chi connectivity index (χ0) is 18.1. The lowest BCUT2D eigenvalue weighted by Gasteiger charge is -2.12. The van der Waals surface area contributed by atoms with Crippen molar-refractivity contribution in [2.24, 2.45) is 0 Å². The highest BCUT2D eigenvalue weighted by molar-refractivity contribution is 9.10. The molecule has 0 aromatic heterocycles. The molecule has 4 nitrogen and oxygen atoms in total. The second-order valence-electron chi connectivity index (χ2n) is 5.55. The van der Waals surface area contributed by atoms with E-state index in [1.54, 1.807) is 0 Å². The van der Waals surface area contributed by atoms with E-state index >= 15 is 0 Å². The highest BCUT2D eigenvalue weighted by atomic mass is 79.9. The molecular weight excluding hydrogens is 382 g/mol. The summed E-state index contributed by atoms with van der Waals surface area (Å²) in [5, 5.41) is 2.96. The number of rotatable bonds is 9. The van der Waals surface area contributed by atoms with E-state index in [1.165, 1.54) is 0 Å². The lowest BCUT2D eigenvalue weighted by Crippen LogP contribution is -2.27. The maximum absolute atomic E-state index is 12.1. The summed E-state index contributed by atoms with van der Waals surface area (Å²) >= 11 is 3.42. The van der Waals surface area contributed by atoms with Gasteiger partial charge in [0.1, 0.15) is 0 Å². The van der Waals surface area contributed by atoms with Gasteiger partial charge < -0.3 is 14.8 Å². The number of amides is 1. The summed E-state index contributed by atoms with van der Waals surface area (Å²) in [5.74, 6) is 1.53. The fourth-order valence-corrected chi connectivity index (χ4v) is 2.94. The molecule has 0 heterocycles. The Bertz CT molecular complexity index is 703. The third-order valence-corrected chi connectivity index (χ3v) is 4.09. The largest absolute Gasteiger partial charge is 0.490 e. The van der Waals surface area contributed by atoms with Crippen LogP contribution in [0.25, 0.3) is 0 Å². The Labute approximate surface area is 157 Å². The standard InChI is InChI=1S/C20H24BrNO3/c1-3-24-18-9-8-15(13-19(18)25-4-2)10-11-22-20(23)14-16-6-5-7-17(21)12-16/h5-9,12-13H,3-4,10-11,14H2,1-2H3,(H,22,23). The first-order valence-corrected chi connectivity index (χ1v) is 9.31. The summed E-state index contributed by atoms with van der Waals surface area (Å²) in [7, 11) is 0. The van der Waals surface area contributed by atoms with Gasteiger partial charge in [0.2, 0.25) is 5.91 Å². The maximum Gasteiger partial charge on any atom is 0.224 e. The fraction of sp³-hybridized carbons (Fsp3) is 0.350. The number of nitrogens with one attached hydrogen (secondary N) is 1. The Morgan fingerprint density at radius 1 is 1.00 bits per heavy atom. The van der Waals surface area contributed by atoms with E-state index in [2.05, 4.69) is 21.2 Å². The van der Waals surface area contributed by atoms with Crippen molar-refractivity contribution in [3.8, 4) is 11.5 Å². The van der Waals surface area contributed by atoms with Gasteiger partial charge in [0, 0.05) is 11.0 Å². The lowest BCUT2D eigenvalue weighted by molar-refractivity contribution is -0.120. The Kier molecular flexibility index (Phi) is 7.79. The van der Waals surface area contributed by atoms with Gasteiger partial charge in [-0.05, 0) is 55.7 Å². The molecule has 1 N–H and O–H groups in total. The van der Waals surface area contributed by atoms with Crippen LogP contribution in [0.15, 0.2) is 46.9 Å². The highest BCUT2D eigenvalue weighted by Crippen LogP contribution is 2.28. The van der Waals surface area contributed by atoms with Gasteiger partial charge in [0.15, 0.2) is 11.5 Å². The maximum atomic E-state index is 12.1. The van der Waals surface area contributed by atoms with Crippen molar-refractivity contribution in [1.82, 2.24) is 5.32 Å². The molecule has 0 fully saturated rings. The molecule has 0 radical (unpaired) electrons. The molecule has 1 amide bonds. The van der Waals surface area contributed by atoms with Crippen molar-refractivity contribution >= 4 is 21.8 Å². The first kappa shape index (κ1) is 19.3. The molecule has 0 aliphatic heterocycles. The van der Waals surface area contributed by atoms with Crippen molar-refractivity contribution < 1.29 is 14.3 Å². The van der Waals surface area contributed by atoms with Gasteiger partial charge in [0.25, 0.3) is 0 Å². The van der Waals surface area contributed by atoms with Gasteiger partial charge in [-0.3, -0.25) is 4.79 Å². The summed E-state index contributed by atoms with van der Waals surface area (Å²) in [6, 6.07) is 13.7. The summed E-state index contributed by atoms with van der Waals surface area (Å²) in [5.41, 5.74) is 2.10. The SMILES string of the molecule is CCOc1ccc(CCNC(=O)Cc2cccc(Br)c2)cc1OCC. The van der Waals surface area contributed by atoms with Gasteiger partial charge in [-0.1, -0.05) is 34.1 Å². The van der Waals surface area contributed by atoms with Gasteiger partial charge in [-0.2, -0.15) is 0 Å². The second kappa shape index (κ2) is 10.1. The first-order valence-electron chi connectivity index (χ1n) is 8.52. The lowest BCUT2D eigenvalue weighted by atomic mass is 10.1. The Morgan fingerprint density at radius 2 is 1.76 bits per heavy atom. The van der Waals surface area contributed by atoms with Crippen LogP contribution in [0.4, 0.5) is 0 Å². The van der Waals surface area contributed by atoms with E-state index in [0.29, 0.717) is 26.2 Å². The molecule has 0 unspecified atom stereocenters. The van der Waals surface area contributed by atoms with Crippen molar-refractivity contribution in [1.29, 1.82) is 0 Å². The number of hydrogen-bond donors (Lipinski definition) is 1. The Balaban J connectivity index is 1.86. The molecule has 0 saturated carbocycles. The zero-order valence-corrected chi connectivity index (χ0v) is 16.3. The van der Waals surface area contributed by atoms with Gasteiger partial charge >= 0.3 is 0 Å². The van der Waals surface area contributed by atoms with E-state index < -0.39 is 0 Å². The molecule has 0 saturated heterocycles. The molecule has 0 bridgehead atoms. The quantitative estimate of drug-likeness (QED) is 0.681. The molecule has 2 aromatic carbocycles. The van der Waals surface area contributed by atoms with E-state index in [-0.39, 0.29) is 5.91 Å². The number of hydrogen-bond acceptors (Lipinski definition) is 3. The summed E-state index contributed by atoms with van der Waals surface area (Å²) in [4.78, 5) is 12.1. The molecule has 2 rings (SSSR count). The van der Waals surface area contributed by atoms with Crippen molar-refractivity contribution in [2.45, 2.75) is 26.7 Å². The van der Waals surface area contributed by atoms with E-state index in [4.69, 9.17) is 9.47 Å².